The fourth-order valence-corrected chi connectivity index (χ4v) is 2.89. The van der Waals surface area contributed by atoms with Crippen LogP contribution in [0, 0.1) is 12.8 Å². The van der Waals surface area contributed by atoms with Crippen LogP contribution in [0.4, 0.5) is 0 Å². The predicted octanol–water partition coefficient (Wildman–Crippen LogP) is 3.34. The maximum absolute atomic E-state index is 12.3. The largest absolute Gasteiger partial charge is 0.361 e. The number of rotatable bonds is 3. The molecule has 1 aromatic carbocycles. The molecule has 1 fully saturated rings. The highest BCUT2D eigenvalue weighted by Gasteiger charge is 2.28. The van der Waals surface area contributed by atoms with E-state index >= 15 is 0 Å². The highest BCUT2D eigenvalue weighted by molar-refractivity contribution is 6.30. The van der Waals surface area contributed by atoms with Crippen LogP contribution >= 0.6 is 11.6 Å². The van der Waals surface area contributed by atoms with Gasteiger partial charge in [-0.2, -0.15) is 0 Å². The normalized spacial score (nSPS) is 18.2. The van der Waals surface area contributed by atoms with E-state index in [2.05, 4.69) is 5.16 Å². The summed E-state index contributed by atoms with van der Waals surface area (Å²) in [5.74, 6) is 1.11. The molecule has 0 aliphatic carbocycles. The van der Waals surface area contributed by atoms with Crippen LogP contribution in [-0.4, -0.2) is 29.1 Å². The quantitative estimate of drug-likeness (QED) is 0.873. The molecule has 0 N–H and O–H groups in total. The van der Waals surface area contributed by atoms with Gasteiger partial charge < -0.3 is 9.42 Å². The van der Waals surface area contributed by atoms with Crippen molar-refractivity contribution in [2.45, 2.75) is 19.8 Å². The topological polar surface area (TPSA) is 46.3 Å². The molecule has 4 nitrogen and oxygen atoms in total. The molecular formula is C16H17ClN2O2. The molecule has 2 heterocycles. The van der Waals surface area contributed by atoms with Crippen molar-refractivity contribution in [3.05, 3.63) is 52.4 Å². The maximum Gasteiger partial charge on any atom is 0.276 e. The first kappa shape index (κ1) is 14.1. The van der Waals surface area contributed by atoms with Crippen molar-refractivity contribution < 1.29 is 9.32 Å². The second kappa shape index (κ2) is 5.90. The number of amides is 1. The summed E-state index contributed by atoms with van der Waals surface area (Å²) in [6, 6.07) is 9.61. The molecule has 5 heteroatoms. The first-order chi connectivity index (χ1) is 10.1. The van der Waals surface area contributed by atoms with Gasteiger partial charge in [-0.1, -0.05) is 28.9 Å². The van der Waals surface area contributed by atoms with Crippen LogP contribution in [0.15, 0.2) is 34.9 Å². The molecule has 21 heavy (non-hydrogen) atoms. The van der Waals surface area contributed by atoms with E-state index < -0.39 is 0 Å². The van der Waals surface area contributed by atoms with Crippen LogP contribution in [0.3, 0.4) is 0 Å². The van der Waals surface area contributed by atoms with E-state index in [4.69, 9.17) is 16.1 Å². The monoisotopic (exact) mass is 304 g/mol. The van der Waals surface area contributed by atoms with Crippen molar-refractivity contribution in [2.24, 2.45) is 5.92 Å². The number of halogens is 1. The molecular weight excluding hydrogens is 288 g/mol. The van der Waals surface area contributed by atoms with E-state index in [1.54, 1.807) is 13.0 Å². The Morgan fingerprint density at radius 2 is 2.19 bits per heavy atom. The number of aryl methyl sites for hydroxylation is 1. The average molecular weight is 305 g/mol. The van der Waals surface area contributed by atoms with Crippen LogP contribution in [0.25, 0.3) is 0 Å². The third-order valence-corrected chi connectivity index (χ3v) is 4.11. The molecule has 0 saturated carbocycles. The number of carbonyl (C=O) groups excluding carboxylic acids is 1. The zero-order chi connectivity index (χ0) is 14.8. The third-order valence-electron chi connectivity index (χ3n) is 3.86. The van der Waals surface area contributed by atoms with Gasteiger partial charge in [-0.05, 0) is 43.4 Å². The van der Waals surface area contributed by atoms with Crippen molar-refractivity contribution in [3.63, 3.8) is 0 Å². The van der Waals surface area contributed by atoms with Crippen molar-refractivity contribution in [3.8, 4) is 0 Å². The molecule has 1 aromatic heterocycles. The van der Waals surface area contributed by atoms with Crippen LogP contribution in [0.1, 0.15) is 28.2 Å². The summed E-state index contributed by atoms with van der Waals surface area (Å²) in [6.07, 6.45) is 1.99. The first-order valence-electron chi connectivity index (χ1n) is 7.09. The third kappa shape index (κ3) is 3.27. The Kier molecular flexibility index (Phi) is 3.97. The number of likely N-dealkylation sites (tertiary alicyclic amines) is 1. The Morgan fingerprint density at radius 1 is 1.43 bits per heavy atom. The van der Waals surface area contributed by atoms with Gasteiger partial charge in [0.25, 0.3) is 5.91 Å². The molecule has 1 amide bonds. The smallest absolute Gasteiger partial charge is 0.276 e. The lowest BCUT2D eigenvalue weighted by Gasteiger charge is -2.15. The Bertz CT molecular complexity index is 636. The molecule has 1 saturated heterocycles. The zero-order valence-corrected chi connectivity index (χ0v) is 12.6. The number of hydrogen-bond acceptors (Lipinski definition) is 3. The van der Waals surface area contributed by atoms with Gasteiger partial charge in [0.2, 0.25) is 0 Å². The lowest BCUT2D eigenvalue weighted by Crippen LogP contribution is -2.29. The minimum Gasteiger partial charge on any atom is -0.361 e. The number of benzene rings is 1. The Labute approximate surface area is 128 Å². The van der Waals surface area contributed by atoms with Gasteiger partial charge in [-0.15, -0.1) is 0 Å². The van der Waals surface area contributed by atoms with E-state index in [-0.39, 0.29) is 5.91 Å². The fourth-order valence-electron chi connectivity index (χ4n) is 2.77. The van der Waals surface area contributed by atoms with Gasteiger partial charge in [0.15, 0.2) is 5.69 Å². The summed E-state index contributed by atoms with van der Waals surface area (Å²) in [4.78, 5) is 14.1. The number of hydrogen-bond donors (Lipinski definition) is 0. The van der Waals surface area contributed by atoms with Crippen LogP contribution in [0.2, 0.25) is 5.02 Å². The Morgan fingerprint density at radius 3 is 2.86 bits per heavy atom. The van der Waals surface area contributed by atoms with E-state index in [0.29, 0.717) is 17.4 Å². The van der Waals surface area contributed by atoms with Gasteiger partial charge in [0.1, 0.15) is 5.76 Å². The highest BCUT2D eigenvalue weighted by Crippen LogP contribution is 2.23. The first-order valence-corrected chi connectivity index (χ1v) is 7.46. The van der Waals surface area contributed by atoms with Crippen molar-refractivity contribution in [2.75, 3.05) is 13.1 Å². The van der Waals surface area contributed by atoms with Gasteiger partial charge in [-0.3, -0.25) is 4.79 Å². The molecule has 1 aliphatic heterocycles. The number of carbonyl (C=O) groups is 1. The van der Waals surface area contributed by atoms with Gasteiger partial charge in [0.05, 0.1) is 0 Å². The van der Waals surface area contributed by atoms with E-state index in [1.165, 1.54) is 5.56 Å². The average Bonchev–Trinajstić information content (AvgIpc) is 3.10. The molecule has 0 spiro atoms. The lowest BCUT2D eigenvalue weighted by molar-refractivity contribution is 0.0776. The summed E-state index contributed by atoms with van der Waals surface area (Å²) in [7, 11) is 0. The molecule has 1 unspecified atom stereocenters. The van der Waals surface area contributed by atoms with E-state index in [9.17, 15) is 4.79 Å². The Hall–Kier alpha value is -1.81. The van der Waals surface area contributed by atoms with Crippen LogP contribution in [-0.2, 0) is 6.42 Å². The standard InChI is InChI=1S/C16H17ClN2O2/c1-11-8-15(18-21-11)16(20)19-7-6-13(10-19)9-12-2-4-14(17)5-3-12/h2-5,8,13H,6-7,9-10H2,1H3. The number of nitrogens with zero attached hydrogens (tertiary/aromatic N) is 2. The van der Waals surface area contributed by atoms with Crippen molar-refractivity contribution in [1.82, 2.24) is 10.1 Å². The minimum atomic E-state index is -0.0366. The molecule has 2 aromatic rings. The van der Waals surface area contributed by atoms with E-state index in [1.807, 2.05) is 29.2 Å². The highest BCUT2D eigenvalue weighted by atomic mass is 35.5. The second-order valence-corrected chi connectivity index (χ2v) is 6.00. The minimum absolute atomic E-state index is 0.0366. The van der Waals surface area contributed by atoms with Gasteiger partial charge in [0, 0.05) is 24.2 Å². The molecule has 3 rings (SSSR count). The van der Waals surface area contributed by atoms with Crippen LogP contribution in [0.5, 0.6) is 0 Å². The van der Waals surface area contributed by atoms with Crippen LogP contribution < -0.4 is 0 Å². The Balaban J connectivity index is 1.60. The molecule has 1 aliphatic rings. The second-order valence-electron chi connectivity index (χ2n) is 5.56. The van der Waals surface area contributed by atoms with Crippen molar-refractivity contribution in [1.29, 1.82) is 0 Å². The van der Waals surface area contributed by atoms with E-state index in [0.717, 1.165) is 31.0 Å². The summed E-state index contributed by atoms with van der Waals surface area (Å²) in [5, 5.41) is 4.55. The number of aromatic nitrogens is 1. The molecule has 110 valence electrons. The molecule has 1 atom stereocenters. The zero-order valence-electron chi connectivity index (χ0n) is 11.9. The van der Waals surface area contributed by atoms with Gasteiger partial charge >= 0.3 is 0 Å². The summed E-state index contributed by atoms with van der Waals surface area (Å²) in [6.45, 7) is 3.34. The SMILES string of the molecule is Cc1cc(C(=O)N2CCC(Cc3ccc(Cl)cc3)C2)no1. The lowest BCUT2D eigenvalue weighted by atomic mass is 9.99. The van der Waals surface area contributed by atoms with Gasteiger partial charge in [-0.25, -0.2) is 0 Å². The summed E-state index contributed by atoms with van der Waals surface area (Å²) in [5.41, 5.74) is 1.66. The summed E-state index contributed by atoms with van der Waals surface area (Å²) < 4.78 is 4.97. The summed E-state index contributed by atoms with van der Waals surface area (Å²) >= 11 is 5.89. The predicted molar refractivity (Wildman–Crippen MR) is 80.4 cm³/mol. The maximum atomic E-state index is 12.3. The fraction of sp³-hybridized carbons (Fsp3) is 0.375. The molecule has 0 bridgehead atoms. The molecule has 0 radical (unpaired) electrons. The van der Waals surface area contributed by atoms with Crippen molar-refractivity contribution >= 4 is 17.5 Å².